The molecule has 106 valence electrons. The second-order valence-corrected chi connectivity index (χ2v) is 5.32. The third-order valence-corrected chi connectivity index (χ3v) is 3.42. The van der Waals surface area contributed by atoms with Crippen LogP contribution in [0, 0.1) is 0 Å². The van der Waals surface area contributed by atoms with E-state index in [1.54, 1.807) is 0 Å². The van der Waals surface area contributed by atoms with E-state index >= 15 is 0 Å². The minimum Gasteiger partial charge on any atom is -0.384 e. The van der Waals surface area contributed by atoms with Crippen molar-refractivity contribution in [3.05, 3.63) is 54.6 Å². The van der Waals surface area contributed by atoms with E-state index in [2.05, 4.69) is 5.32 Å². The average Bonchev–Trinajstić information content (AvgIpc) is 2.44. The van der Waals surface area contributed by atoms with Crippen LogP contribution in [0.1, 0.15) is 0 Å². The third-order valence-electron chi connectivity index (χ3n) is 2.69. The van der Waals surface area contributed by atoms with Crippen LogP contribution in [0.4, 0.5) is 18.9 Å². The summed E-state index contributed by atoms with van der Waals surface area (Å²) in [5.41, 5.74) is -1.13. The van der Waals surface area contributed by atoms with Gasteiger partial charge < -0.3 is 5.32 Å². The highest BCUT2D eigenvalue weighted by atomic mass is 32.2. The van der Waals surface area contributed by atoms with Gasteiger partial charge >= 0.3 is 5.51 Å². The van der Waals surface area contributed by atoms with E-state index in [1.807, 2.05) is 54.6 Å². The van der Waals surface area contributed by atoms with Gasteiger partial charge in [0, 0.05) is 18.0 Å². The van der Waals surface area contributed by atoms with Crippen molar-refractivity contribution in [3.63, 3.8) is 0 Å². The Morgan fingerprint density at radius 1 is 0.850 bits per heavy atom. The molecule has 2 aromatic carbocycles. The van der Waals surface area contributed by atoms with E-state index in [0.717, 1.165) is 16.8 Å². The van der Waals surface area contributed by atoms with E-state index in [9.17, 15) is 13.2 Å². The van der Waals surface area contributed by atoms with Crippen LogP contribution in [0.15, 0.2) is 54.6 Å². The third kappa shape index (κ3) is 4.81. The van der Waals surface area contributed by atoms with E-state index in [0.29, 0.717) is 0 Å². The largest absolute Gasteiger partial charge is 0.441 e. The fourth-order valence-corrected chi connectivity index (χ4v) is 2.21. The lowest BCUT2D eigenvalue weighted by molar-refractivity contribution is -0.0327. The number of hydrogen-bond acceptors (Lipinski definition) is 2. The van der Waals surface area contributed by atoms with Crippen LogP contribution in [0.5, 0.6) is 0 Å². The molecule has 2 aromatic rings. The molecule has 0 saturated carbocycles. The normalized spacial score (nSPS) is 11.3. The highest BCUT2D eigenvalue weighted by Crippen LogP contribution is 2.29. The Morgan fingerprint density at radius 2 is 1.45 bits per heavy atom. The van der Waals surface area contributed by atoms with Crippen LogP contribution in [0.3, 0.4) is 0 Å². The topological polar surface area (TPSA) is 12.0 Å². The second-order valence-electron chi connectivity index (χ2n) is 4.16. The summed E-state index contributed by atoms with van der Waals surface area (Å²) in [5, 5.41) is 2.98. The summed E-state index contributed by atoms with van der Waals surface area (Å²) < 4.78 is 35.9. The summed E-state index contributed by atoms with van der Waals surface area (Å²) in [6.07, 6.45) is 0. The van der Waals surface area contributed by atoms with Gasteiger partial charge in [0.1, 0.15) is 0 Å². The van der Waals surface area contributed by atoms with Crippen molar-refractivity contribution < 1.29 is 13.2 Å². The van der Waals surface area contributed by atoms with Crippen molar-refractivity contribution in [2.24, 2.45) is 0 Å². The Hall–Kier alpha value is -1.62. The zero-order chi connectivity index (χ0) is 14.4. The quantitative estimate of drug-likeness (QED) is 0.778. The zero-order valence-electron chi connectivity index (χ0n) is 10.7. The maximum atomic E-state index is 12.0. The van der Waals surface area contributed by atoms with Crippen molar-refractivity contribution in [2.75, 3.05) is 17.6 Å². The minimum atomic E-state index is -4.15. The molecule has 0 saturated heterocycles. The maximum absolute atomic E-state index is 12.0. The van der Waals surface area contributed by atoms with Crippen LogP contribution in [-0.2, 0) is 0 Å². The molecule has 0 spiro atoms. The Labute approximate surface area is 120 Å². The van der Waals surface area contributed by atoms with Crippen molar-refractivity contribution in [1.82, 2.24) is 0 Å². The predicted molar refractivity (Wildman–Crippen MR) is 78.9 cm³/mol. The Bertz CT molecular complexity index is 523. The molecule has 5 heteroatoms. The molecule has 2 rings (SSSR count). The molecule has 0 atom stereocenters. The molecule has 0 unspecified atom stereocenters. The summed E-state index contributed by atoms with van der Waals surface area (Å²) in [6.45, 7) is 0.287. The van der Waals surface area contributed by atoms with Crippen molar-refractivity contribution in [1.29, 1.82) is 0 Å². The molecule has 1 N–H and O–H groups in total. The first-order valence-corrected chi connectivity index (χ1v) is 7.13. The Morgan fingerprint density at radius 3 is 2.05 bits per heavy atom. The molecular formula is C15H14F3NS. The SMILES string of the molecule is FC(F)(F)SCCNc1ccc(-c2ccccc2)cc1. The number of benzene rings is 2. The van der Waals surface area contributed by atoms with Gasteiger partial charge in [0.05, 0.1) is 0 Å². The fourth-order valence-electron chi connectivity index (χ4n) is 1.77. The van der Waals surface area contributed by atoms with Gasteiger partial charge in [-0.15, -0.1) is 0 Å². The van der Waals surface area contributed by atoms with Gasteiger partial charge in [0.15, 0.2) is 0 Å². The number of alkyl halides is 3. The van der Waals surface area contributed by atoms with Gasteiger partial charge in [-0.2, -0.15) is 13.2 Å². The van der Waals surface area contributed by atoms with E-state index < -0.39 is 5.51 Å². The summed E-state index contributed by atoms with van der Waals surface area (Å²) in [6, 6.07) is 17.6. The molecule has 0 heterocycles. The number of nitrogens with one attached hydrogen (secondary N) is 1. The standard InChI is InChI=1S/C15H14F3NS/c16-15(17,18)20-11-10-19-14-8-6-13(7-9-14)12-4-2-1-3-5-12/h1-9,19H,10-11H2. The first-order valence-electron chi connectivity index (χ1n) is 6.15. The Balaban J connectivity index is 1.86. The number of thioether (sulfide) groups is 1. The summed E-state index contributed by atoms with van der Waals surface area (Å²) in [4.78, 5) is 0. The van der Waals surface area contributed by atoms with E-state index in [-0.39, 0.29) is 24.1 Å². The second kappa shape index (κ2) is 6.70. The first-order chi connectivity index (χ1) is 9.54. The Kier molecular flexibility index (Phi) is 4.95. The first kappa shape index (κ1) is 14.8. The summed E-state index contributed by atoms with van der Waals surface area (Å²) in [7, 11) is 0. The van der Waals surface area contributed by atoms with Gasteiger partial charge in [0.25, 0.3) is 0 Å². The number of anilines is 1. The predicted octanol–water partition coefficient (Wildman–Crippen LogP) is 5.02. The smallest absolute Gasteiger partial charge is 0.384 e. The summed E-state index contributed by atoms with van der Waals surface area (Å²) >= 11 is -0.00966. The molecule has 0 bridgehead atoms. The van der Waals surface area contributed by atoms with Gasteiger partial charge in [-0.25, -0.2) is 0 Å². The van der Waals surface area contributed by atoms with Crippen LogP contribution < -0.4 is 5.32 Å². The van der Waals surface area contributed by atoms with Crippen molar-refractivity contribution in [3.8, 4) is 11.1 Å². The number of hydrogen-bond donors (Lipinski definition) is 1. The number of rotatable bonds is 5. The molecule has 0 fully saturated rings. The van der Waals surface area contributed by atoms with Gasteiger partial charge in [-0.3, -0.25) is 0 Å². The van der Waals surface area contributed by atoms with E-state index in [4.69, 9.17) is 0 Å². The zero-order valence-corrected chi connectivity index (χ0v) is 11.5. The van der Waals surface area contributed by atoms with Crippen LogP contribution in [0.2, 0.25) is 0 Å². The van der Waals surface area contributed by atoms with E-state index in [1.165, 1.54) is 0 Å². The van der Waals surface area contributed by atoms with Crippen LogP contribution in [-0.4, -0.2) is 17.8 Å². The van der Waals surface area contributed by atoms with Gasteiger partial charge in [-0.1, -0.05) is 42.5 Å². The molecule has 1 nitrogen and oxygen atoms in total. The molecule has 20 heavy (non-hydrogen) atoms. The maximum Gasteiger partial charge on any atom is 0.441 e. The molecule has 0 amide bonds. The molecule has 0 aliphatic heterocycles. The molecular weight excluding hydrogens is 283 g/mol. The average molecular weight is 297 g/mol. The summed E-state index contributed by atoms with van der Waals surface area (Å²) in [5.74, 6) is 0.00391. The van der Waals surface area contributed by atoms with Crippen LogP contribution in [0.25, 0.3) is 11.1 Å². The monoisotopic (exact) mass is 297 g/mol. The minimum absolute atomic E-state index is 0.00391. The molecule has 0 aromatic heterocycles. The van der Waals surface area contributed by atoms with Gasteiger partial charge in [0.2, 0.25) is 0 Å². The van der Waals surface area contributed by atoms with Crippen molar-refractivity contribution in [2.45, 2.75) is 5.51 Å². The molecule has 0 aliphatic carbocycles. The lowest BCUT2D eigenvalue weighted by Gasteiger charge is -2.09. The molecule has 0 radical (unpaired) electrons. The fraction of sp³-hybridized carbons (Fsp3) is 0.200. The highest BCUT2D eigenvalue weighted by Gasteiger charge is 2.27. The van der Waals surface area contributed by atoms with Gasteiger partial charge in [-0.05, 0) is 35.0 Å². The van der Waals surface area contributed by atoms with Crippen LogP contribution >= 0.6 is 11.8 Å². The lowest BCUT2D eigenvalue weighted by Crippen LogP contribution is -2.09. The van der Waals surface area contributed by atoms with Crippen molar-refractivity contribution >= 4 is 17.4 Å². The lowest BCUT2D eigenvalue weighted by atomic mass is 10.1. The highest BCUT2D eigenvalue weighted by molar-refractivity contribution is 8.00. The molecule has 0 aliphatic rings. The number of halogens is 3.